The standard InChI is InChI=1S/C60H115NO5/c1-3-5-7-9-11-13-15-17-18-19-20-21-23-26-29-32-36-40-44-48-52-58(63)57(56-62)61-59(64)53-49-45-41-37-33-30-27-24-22-25-28-31-35-39-43-47-51-55-66-60(65)54-50-46-42-38-34-16-14-12-10-8-6-4-2/h22,25,31,35,57-58,62-63H,3-21,23-24,26-30,32-34,36-56H2,1-2H3,(H,61,64)/b25-22-,35-31-. The smallest absolute Gasteiger partial charge is 0.305 e. The Kier molecular flexibility index (Phi) is 54.5. The lowest BCUT2D eigenvalue weighted by Gasteiger charge is -2.22. The predicted octanol–water partition coefficient (Wildman–Crippen LogP) is 18.2. The summed E-state index contributed by atoms with van der Waals surface area (Å²) in [6.45, 7) is 4.92. The molecule has 0 aliphatic heterocycles. The van der Waals surface area contributed by atoms with Crippen molar-refractivity contribution in [2.45, 2.75) is 334 Å². The maximum absolute atomic E-state index is 12.5. The van der Waals surface area contributed by atoms with Crippen LogP contribution < -0.4 is 5.32 Å². The van der Waals surface area contributed by atoms with E-state index in [0.717, 1.165) is 83.5 Å². The van der Waals surface area contributed by atoms with E-state index in [1.165, 1.54) is 205 Å². The van der Waals surface area contributed by atoms with Gasteiger partial charge in [0.1, 0.15) is 0 Å². The highest BCUT2D eigenvalue weighted by Crippen LogP contribution is 2.17. The molecule has 0 aliphatic rings. The second-order valence-electron chi connectivity index (χ2n) is 20.3. The van der Waals surface area contributed by atoms with Crippen molar-refractivity contribution in [2.24, 2.45) is 0 Å². The van der Waals surface area contributed by atoms with Crippen molar-refractivity contribution in [3.05, 3.63) is 24.3 Å². The minimum Gasteiger partial charge on any atom is -0.466 e. The van der Waals surface area contributed by atoms with Crippen molar-refractivity contribution in [1.29, 1.82) is 0 Å². The molecule has 390 valence electrons. The SMILES string of the molecule is CCCCCCCCCCCCCCCCCCCCCCC(O)C(CO)NC(=O)CCCCCCCCC/C=C\C/C=C\CCCCCOC(=O)CCCCCCCCCCCCCC. The summed E-state index contributed by atoms with van der Waals surface area (Å²) in [5.41, 5.74) is 0. The molecule has 0 heterocycles. The lowest BCUT2D eigenvalue weighted by Crippen LogP contribution is -2.45. The van der Waals surface area contributed by atoms with E-state index in [-0.39, 0.29) is 18.5 Å². The molecule has 0 rings (SSSR count). The maximum Gasteiger partial charge on any atom is 0.305 e. The maximum atomic E-state index is 12.5. The van der Waals surface area contributed by atoms with E-state index in [9.17, 15) is 19.8 Å². The summed E-state index contributed by atoms with van der Waals surface area (Å²) < 4.78 is 5.44. The van der Waals surface area contributed by atoms with Crippen molar-refractivity contribution in [3.63, 3.8) is 0 Å². The van der Waals surface area contributed by atoms with Gasteiger partial charge in [0.15, 0.2) is 0 Å². The molecule has 0 spiro atoms. The summed E-state index contributed by atoms with van der Waals surface area (Å²) in [7, 11) is 0. The third-order valence-electron chi connectivity index (χ3n) is 13.8. The number of nitrogens with one attached hydrogen (secondary N) is 1. The second-order valence-corrected chi connectivity index (χ2v) is 20.3. The van der Waals surface area contributed by atoms with Gasteiger partial charge in [-0.25, -0.2) is 0 Å². The number of amides is 1. The molecule has 0 radical (unpaired) electrons. The van der Waals surface area contributed by atoms with Gasteiger partial charge in [-0.05, 0) is 64.2 Å². The van der Waals surface area contributed by atoms with Gasteiger partial charge < -0.3 is 20.3 Å². The average Bonchev–Trinajstić information content (AvgIpc) is 3.32. The first-order valence-electron chi connectivity index (χ1n) is 29.6. The monoisotopic (exact) mass is 930 g/mol. The van der Waals surface area contributed by atoms with Crippen molar-refractivity contribution >= 4 is 11.9 Å². The molecule has 2 atom stereocenters. The number of hydrogen-bond acceptors (Lipinski definition) is 5. The van der Waals surface area contributed by atoms with E-state index in [2.05, 4.69) is 43.5 Å². The van der Waals surface area contributed by atoms with Crippen molar-refractivity contribution < 1.29 is 24.5 Å². The fourth-order valence-corrected chi connectivity index (χ4v) is 9.20. The van der Waals surface area contributed by atoms with Gasteiger partial charge in [0.05, 0.1) is 25.4 Å². The normalized spacial score (nSPS) is 12.7. The van der Waals surface area contributed by atoms with Crippen LogP contribution >= 0.6 is 0 Å². The van der Waals surface area contributed by atoms with E-state index in [4.69, 9.17) is 4.74 Å². The number of carbonyl (C=O) groups excluding carboxylic acids is 2. The summed E-state index contributed by atoms with van der Waals surface area (Å²) in [5, 5.41) is 23.3. The lowest BCUT2D eigenvalue weighted by molar-refractivity contribution is -0.143. The molecule has 6 nitrogen and oxygen atoms in total. The summed E-state index contributed by atoms with van der Waals surface area (Å²) in [4.78, 5) is 24.5. The number of unbranched alkanes of at least 4 members (excludes halogenated alkanes) is 40. The van der Waals surface area contributed by atoms with Crippen LogP contribution in [-0.4, -0.2) is 47.4 Å². The Morgan fingerprint density at radius 3 is 1.15 bits per heavy atom. The summed E-state index contributed by atoms with van der Waals surface area (Å²) in [5.74, 6) is -0.0626. The zero-order valence-corrected chi connectivity index (χ0v) is 44.4. The molecule has 6 heteroatoms. The molecule has 0 aromatic carbocycles. The molecule has 0 saturated heterocycles. The third kappa shape index (κ3) is 51.7. The van der Waals surface area contributed by atoms with Crippen LogP contribution in [0.2, 0.25) is 0 Å². The third-order valence-corrected chi connectivity index (χ3v) is 13.8. The van der Waals surface area contributed by atoms with Gasteiger partial charge in [-0.15, -0.1) is 0 Å². The average molecular weight is 931 g/mol. The summed E-state index contributed by atoms with van der Waals surface area (Å²) >= 11 is 0. The lowest BCUT2D eigenvalue weighted by atomic mass is 10.0. The fraction of sp³-hybridized carbons (Fsp3) is 0.900. The van der Waals surface area contributed by atoms with Crippen LogP contribution in [0, 0.1) is 0 Å². The van der Waals surface area contributed by atoms with Crippen LogP contribution in [0.25, 0.3) is 0 Å². The molecule has 0 fully saturated rings. The van der Waals surface area contributed by atoms with Gasteiger partial charge in [-0.1, -0.05) is 269 Å². The number of aliphatic hydroxyl groups excluding tert-OH is 2. The van der Waals surface area contributed by atoms with E-state index < -0.39 is 12.1 Å². The molecular formula is C60H115NO5. The molecule has 0 aromatic heterocycles. The van der Waals surface area contributed by atoms with Crippen LogP contribution in [0.3, 0.4) is 0 Å². The number of esters is 1. The van der Waals surface area contributed by atoms with Crippen LogP contribution in [0.5, 0.6) is 0 Å². The van der Waals surface area contributed by atoms with E-state index in [1.807, 2.05) is 0 Å². The van der Waals surface area contributed by atoms with Crippen LogP contribution in [0.1, 0.15) is 322 Å². The van der Waals surface area contributed by atoms with Gasteiger partial charge in [0.2, 0.25) is 5.91 Å². The summed E-state index contributed by atoms with van der Waals surface area (Å²) in [6, 6.07) is -0.554. The van der Waals surface area contributed by atoms with E-state index >= 15 is 0 Å². The molecule has 66 heavy (non-hydrogen) atoms. The van der Waals surface area contributed by atoms with Crippen LogP contribution in [0.4, 0.5) is 0 Å². The first-order chi connectivity index (χ1) is 32.5. The van der Waals surface area contributed by atoms with Gasteiger partial charge in [-0.2, -0.15) is 0 Å². The highest BCUT2D eigenvalue weighted by molar-refractivity contribution is 5.76. The van der Waals surface area contributed by atoms with Crippen molar-refractivity contribution in [1.82, 2.24) is 5.32 Å². The molecule has 0 aliphatic carbocycles. The Morgan fingerprint density at radius 2 is 0.758 bits per heavy atom. The zero-order valence-electron chi connectivity index (χ0n) is 44.4. The zero-order chi connectivity index (χ0) is 47.9. The first-order valence-corrected chi connectivity index (χ1v) is 29.6. The van der Waals surface area contributed by atoms with Crippen molar-refractivity contribution in [3.8, 4) is 0 Å². The minimum atomic E-state index is -0.675. The highest BCUT2D eigenvalue weighted by Gasteiger charge is 2.20. The quantitative estimate of drug-likeness (QED) is 0.0321. The van der Waals surface area contributed by atoms with Gasteiger partial charge >= 0.3 is 5.97 Å². The Bertz CT molecular complexity index is 1030. The highest BCUT2D eigenvalue weighted by atomic mass is 16.5. The molecule has 1 amide bonds. The number of hydrogen-bond donors (Lipinski definition) is 3. The number of aliphatic hydroxyl groups is 2. The topological polar surface area (TPSA) is 95.9 Å². The van der Waals surface area contributed by atoms with Crippen LogP contribution in [-0.2, 0) is 14.3 Å². The molecule has 2 unspecified atom stereocenters. The Hall–Kier alpha value is -1.66. The van der Waals surface area contributed by atoms with Gasteiger partial charge in [0, 0.05) is 12.8 Å². The first kappa shape index (κ1) is 64.3. The van der Waals surface area contributed by atoms with E-state index in [1.54, 1.807) is 0 Å². The van der Waals surface area contributed by atoms with Crippen molar-refractivity contribution in [2.75, 3.05) is 13.2 Å². The predicted molar refractivity (Wildman–Crippen MR) is 287 cm³/mol. The summed E-state index contributed by atoms with van der Waals surface area (Å²) in [6.07, 6.45) is 67.4. The molecule has 0 saturated carbocycles. The molecular weight excluding hydrogens is 815 g/mol. The Labute approximate surface area is 411 Å². The van der Waals surface area contributed by atoms with Gasteiger partial charge in [0.25, 0.3) is 0 Å². The number of ether oxygens (including phenoxy) is 1. The molecule has 3 N–H and O–H groups in total. The largest absolute Gasteiger partial charge is 0.466 e. The van der Waals surface area contributed by atoms with Crippen LogP contribution in [0.15, 0.2) is 24.3 Å². The molecule has 0 aromatic rings. The van der Waals surface area contributed by atoms with E-state index in [0.29, 0.717) is 25.9 Å². The second kappa shape index (κ2) is 55.9. The fourth-order valence-electron chi connectivity index (χ4n) is 9.20. The molecule has 0 bridgehead atoms. The number of rotatable bonds is 55. The van der Waals surface area contributed by atoms with Gasteiger partial charge in [-0.3, -0.25) is 9.59 Å². The Morgan fingerprint density at radius 1 is 0.424 bits per heavy atom. The number of allylic oxidation sites excluding steroid dienone is 4. The number of carbonyl (C=O) groups is 2. The minimum absolute atomic E-state index is 0.0143. The Balaban J connectivity index is 3.49.